The van der Waals surface area contributed by atoms with Crippen molar-refractivity contribution >= 4 is 40.3 Å². The smallest absolute Gasteiger partial charge is 0.270 e. The predicted molar refractivity (Wildman–Crippen MR) is 161 cm³/mol. The van der Waals surface area contributed by atoms with E-state index in [2.05, 4.69) is 21.4 Å². The molecule has 1 aliphatic heterocycles. The van der Waals surface area contributed by atoms with Gasteiger partial charge in [-0.2, -0.15) is 10.2 Å². The number of benzene rings is 1. The Balaban J connectivity index is 1.31. The largest absolute Gasteiger partial charge is 0.343 e. The standard InChI is InChI=1S/C32H34N8O2/c1-32(2,19-33)23-7-9-24(10-8-23)40-26(30(42)38(3)4)15-22-16-35-31(37-29(22)40)36-27-12-11-25(17-34-27)39-18-21-6-5-20(13-21)14-28(39)41/h7-12,15-17,20-21H,5-6,13-14,18H2,1-4H3,(H,34,35,36,37). The fraction of sp³-hybridized carbons (Fsp3) is 0.375. The second-order valence-electron chi connectivity index (χ2n) is 12.1. The Bertz CT molecular complexity index is 1700. The zero-order chi connectivity index (χ0) is 29.6. The maximum atomic E-state index is 13.2. The summed E-state index contributed by atoms with van der Waals surface area (Å²) in [5.74, 6) is 1.96. The molecular formula is C32H34N8O2. The molecule has 1 saturated carbocycles. The van der Waals surface area contributed by atoms with Crippen molar-refractivity contribution < 1.29 is 9.59 Å². The summed E-state index contributed by atoms with van der Waals surface area (Å²) in [6.45, 7) is 4.49. The molecule has 10 nitrogen and oxygen atoms in total. The highest BCUT2D eigenvalue weighted by Crippen LogP contribution is 2.38. The third kappa shape index (κ3) is 5.07. The topological polar surface area (TPSA) is 120 Å². The van der Waals surface area contributed by atoms with Gasteiger partial charge in [-0.15, -0.1) is 0 Å². The van der Waals surface area contributed by atoms with Gasteiger partial charge >= 0.3 is 0 Å². The number of hydrogen-bond acceptors (Lipinski definition) is 7. The third-order valence-electron chi connectivity index (χ3n) is 8.45. The van der Waals surface area contributed by atoms with Crippen LogP contribution in [-0.2, 0) is 10.2 Å². The molecule has 214 valence electrons. The van der Waals surface area contributed by atoms with E-state index in [1.54, 1.807) is 32.6 Å². The number of carbonyl (C=O) groups is 2. The first kappa shape index (κ1) is 27.4. The van der Waals surface area contributed by atoms with Crippen LogP contribution in [0.25, 0.3) is 16.7 Å². The van der Waals surface area contributed by atoms with E-state index in [0.717, 1.165) is 36.3 Å². The van der Waals surface area contributed by atoms with Crippen LogP contribution in [0.5, 0.6) is 0 Å². The van der Waals surface area contributed by atoms with Crippen LogP contribution in [0.15, 0.2) is 54.9 Å². The van der Waals surface area contributed by atoms with E-state index in [1.165, 1.54) is 11.3 Å². The Labute approximate surface area is 245 Å². The first-order valence-electron chi connectivity index (χ1n) is 14.3. The fourth-order valence-electron chi connectivity index (χ4n) is 6.02. The summed E-state index contributed by atoms with van der Waals surface area (Å²) in [6, 6.07) is 15.4. The van der Waals surface area contributed by atoms with Crippen molar-refractivity contribution in [2.45, 2.75) is 44.9 Å². The van der Waals surface area contributed by atoms with Gasteiger partial charge in [-0.05, 0) is 80.8 Å². The number of hydrogen-bond donors (Lipinski definition) is 1. The van der Waals surface area contributed by atoms with Crippen LogP contribution >= 0.6 is 0 Å². The summed E-state index contributed by atoms with van der Waals surface area (Å²) < 4.78 is 1.81. The van der Waals surface area contributed by atoms with Gasteiger partial charge in [-0.3, -0.25) is 14.2 Å². The molecule has 2 bridgehead atoms. The zero-order valence-corrected chi connectivity index (χ0v) is 24.3. The molecule has 6 rings (SSSR count). The van der Waals surface area contributed by atoms with Crippen molar-refractivity contribution in [3.05, 3.63) is 66.1 Å². The molecule has 1 aromatic carbocycles. The van der Waals surface area contributed by atoms with Crippen molar-refractivity contribution in [3.63, 3.8) is 0 Å². The highest BCUT2D eigenvalue weighted by Gasteiger charge is 2.34. The lowest BCUT2D eigenvalue weighted by Crippen LogP contribution is -2.34. The van der Waals surface area contributed by atoms with Crippen molar-refractivity contribution in [1.29, 1.82) is 5.26 Å². The van der Waals surface area contributed by atoms with E-state index in [9.17, 15) is 14.9 Å². The first-order valence-corrected chi connectivity index (χ1v) is 14.3. The Morgan fingerprint density at radius 1 is 1.05 bits per heavy atom. The molecule has 0 spiro atoms. The number of aromatic nitrogens is 4. The average molecular weight is 563 g/mol. The molecule has 42 heavy (non-hydrogen) atoms. The number of nitriles is 1. The number of amides is 2. The van der Waals surface area contributed by atoms with Gasteiger partial charge in [0.25, 0.3) is 5.91 Å². The van der Waals surface area contributed by atoms with E-state index in [4.69, 9.17) is 4.98 Å². The molecule has 2 unspecified atom stereocenters. The van der Waals surface area contributed by atoms with Crippen LogP contribution in [-0.4, -0.2) is 56.9 Å². The van der Waals surface area contributed by atoms with Crippen LogP contribution in [0.4, 0.5) is 17.5 Å². The van der Waals surface area contributed by atoms with Crippen LogP contribution in [0.2, 0.25) is 0 Å². The normalized spacial score (nSPS) is 18.5. The molecule has 2 fully saturated rings. The molecular weight excluding hydrogens is 528 g/mol. The monoisotopic (exact) mass is 562 g/mol. The number of pyridine rings is 1. The lowest BCUT2D eigenvalue weighted by molar-refractivity contribution is -0.119. The van der Waals surface area contributed by atoms with Crippen LogP contribution in [0, 0.1) is 23.2 Å². The number of carbonyl (C=O) groups excluding carboxylic acids is 2. The molecule has 4 aromatic rings. The molecule has 3 aromatic heterocycles. The molecule has 1 saturated heterocycles. The number of anilines is 3. The van der Waals surface area contributed by atoms with Gasteiger partial charge < -0.3 is 15.1 Å². The molecule has 2 atom stereocenters. The highest BCUT2D eigenvalue weighted by atomic mass is 16.2. The summed E-state index contributed by atoms with van der Waals surface area (Å²) in [4.78, 5) is 43.2. The van der Waals surface area contributed by atoms with Crippen LogP contribution < -0.4 is 10.2 Å². The van der Waals surface area contributed by atoms with E-state index >= 15 is 0 Å². The number of nitrogens with zero attached hydrogens (tertiary/aromatic N) is 7. The highest BCUT2D eigenvalue weighted by molar-refractivity contribution is 5.99. The van der Waals surface area contributed by atoms with Crippen LogP contribution in [0.3, 0.4) is 0 Å². The fourth-order valence-corrected chi connectivity index (χ4v) is 6.02. The van der Waals surface area contributed by atoms with Gasteiger partial charge in [-0.1, -0.05) is 12.1 Å². The average Bonchev–Trinajstić information content (AvgIpc) is 3.55. The molecule has 1 N–H and O–H groups in total. The minimum atomic E-state index is -0.637. The Kier molecular flexibility index (Phi) is 6.89. The van der Waals surface area contributed by atoms with Gasteiger partial charge in [0.05, 0.1) is 23.4 Å². The van der Waals surface area contributed by atoms with E-state index in [-0.39, 0.29) is 11.8 Å². The van der Waals surface area contributed by atoms with Crippen molar-refractivity contribution in [2.75, 3.05) is 30.9 Å². The second-order valence-corrected chi connectivity index (χ2v) is 12.1. The number of fused-ring (bicyclic) bond motifs is 3. The van der Waals surface area contributed by atoms with Gasteiger partial charge in [-0.25, -0.2) is 9.97 Å². The second kappa shape index (κ2) is 10.6. The lowest BCUT2D eigenvalue weighted by atomic mass is 9.86. The van der Waals surface area contributed by atoms with Crippen molar-refractivity contribution in [3.8, 4) is 11.8 Å². The summed E-state index contributed by atoms with van der Waals surface area (Å²) in [7, 11) is 3.42. The van der Waals surface area contributed by atoms with E-state index in [0.29, 0.717) is 46.8 Å². The van der Waals surface area contributed by atoms with Gasteiger partial charge in [0.15, 0.2) is 5.65 Å². The Hall–Kier alpha value is -4.78. The third-order valence-corrected chi connectivity index (χ3v) is 8.45. The number of rotatable bonds is 6. The summed E-state index contributed by atoms with van der Waals surface area (Å²) in [5.41, 5.74) is 2.81. The molecule has 1 aliphatic carbocycles. The first-order chi connectivity index (χ1) is 20.1. The number of nitrogens with one attached hydrogen (secondary N) is 1. The Morgan fingerprint density at radius 2 is 1.79 bits per heavy atom. The van der Waals surface area contributed by atoms with Crippen molar-refractivity contribution in [1.82, 2.24) is 24.4 Å². The van der Waals surface area contributed by atoms with E-state index < -0.39 is 5.41 Å². The molecule has 2 amide bonds. The predicted octanol–water partition coefficient (Wildman–Crippen LogP) is 5.22. The van der Waals surface area contributed by atoms with E-state index in [1.807, 2.05) is 59.7 Å². The Morgan fingerprint density at radius 3 is 2.48 bits per heavy atom. The summed E-state index contributed by atoms with van der Waals surface area (Å²) in [5, 5.41) is 13.4. The van der Waals surface area contributed by atoms with Crippen molar-refractivity contribution in [2.24, 2.45) is 11.8 Å². The molecule has 2 aliphatic rings. The van der Waals surface area contributed by atoms with Crippen LogP contribution in [0.1, 0.15) is 55.6 Å². The SMILES string of the molecule is CN(C)C(=O)c1cc2cnc(Nc3ccc(N4CC5CCC(CC4=O)C5)cn3)nc2n1-c1ccc(C(C)(C)C#N)cc1. The molecule has 0 radical (unpaired) electrons. The molecule has 10 heteroatoms. The quantitative estimate of drug-likeness (QED) is 0.342. The summed E-state index contributed by atoms with van der Waals surface area (Å²) >= 11 is 0. The maximum absolute atomic E-state index is 13.2. The van der Waals surface area contributed by atoms with Gasteiger partial charge in [0.1, 0.15) is 11.5 Å². The van der Waals surface area contributed by atoms with Gasteiger partial charge in [0.2, 0.25) is 11.9 Å². The molecule has 4 heterocycles. The van der Waals surface area contributed by atoms with Gasteiger partial charge in [0, 0.05) is 44.3 Å². The maximum Gasteiger partial charge on any atom is 0.270 e. The minimum Gasteiger partial charge on any atom is -0.343 e. The lowest BCUT2D eigenvalue weighted by Gasteiger charge is -2.25. The minimum absolute atomic E-state index is 0.169. The summed E-state index contributed by atoms with van der Waals surface area (Å²) in [6.07, 6.45) is 7.50. The zero-order valence-electron chi connectivity index (χ0n) is 24.3.